The van der Waals surface area contributed by atoms with Crippen LogP contribution in [0.4, 0.5) is 9.59 Å². The average Bonchev–Trinajstić information content (AvgIpc) is 2.19. The van der Waals surface area contributed by atoms with Crippen LogP contribution < -0.4 is 5.59 Å². The van der Waals surface area contributed by atoms with Crippen molar-refractivity contribution in [3.63, 3.8) is 0 Å². The second kappa shape index (κ2) is 11.1. The second-order valence-corrected chi connectivity index (χ2v) is 2.00. The van der Waals surface area contributed by atoms with Gasteiger partial charge in [-0.1, -0.05) is 29.7 Å². The molecule has 1 aliphatic rings. The van der Waals surface area contributed by atoms with Gasteiger partial charge in [-0.05, 0) is 5.59 Å². The fourth-order valence-corrected chi connectivity index (χ4v) is 0.725. The number of urea groups is 2. The number of hydrazine groups is 1. The van der Waals surface area contributed by atoms with Gasteiger partial charge < -0.3 is 4.84 Å². The molecule has 1 aliphatic heterocycles. The number of amides is 4. The van der Waals surface area contributed by atoms with E-state index in [-0.39, 0.29) is 29.7 Å². The summed E-state index contributed by atoms with van der Waals surface area (Å²) in [6.07, 6.45) is 2.38. The molecule has 0 aliphatic carbocycles. The summed E-state index contributed by atoms with van der Waals surface area (Å²) in [6.45, 7) is -0.397. The minimum absolute atomic E-state index is 0. The fourth-order valence-electron chi connectivity index (χ4n) is 0.725. The number of imide groups is 2. The molecule has 0 bridgehead atoms. The van der Waals surface area contributed by atoms with Gasteiger partial charge in [0.05, 0.1) is 0 Å². The summed E-state index contributed by atoms with van der Waals surface area (Å²) in [4.78, 5) is 39.2. The Kier molecular flexibility index (Phi) is 15.2. The van der Waals surface area contributed by atoms with E-state index in [1.807, 2.05) is 0 Å². The van der Waals surface area contributed by atoms with Gasteiger partial charge in [-0.15, -0.1) is 10.3 Å². The molecule has 1 saturated heterocycles. The molecular formula is C9H19N5O4. The Morgan fingerprint density at radius 2 is 1.72 bits per heavy atom. The molecule has 0 aromatic heterocycles. The summed E-state index contributed by atoms with van der Waals surface area (Å²) in [6, 6.07) is -1.55. The molecule has 1 heterocycles. The van der Waals surface area contributed by atoms with E-state index < -0.39 is 18.7 Å². The lowest BCUT2D eigenvalue weighted by Gasteiger charge is -2.35. The molecule has 0 unspecified atom stereocenters. The fraction of sp³-hybridized carbons (Fsp3) is 0.556. The Hall–Kier alpha value is -2.43. The third kappa shape index (κ3) is 4.61. The highest BCUT2D eigenvalue weighted by atomic mass is 16.7. The van der Waals surface area contributed by atoms with Crippen LogP contribution in [0.5, 0.6) is 0 Å². The van der Waals surface area contributed by atoms with Crippen molar-refractivity contribution in [3.8, 4) is 6.26 Å². The van der Waals surface area contributed by atoms with E-state index in [1.165, 1.54) is 12.3 Å². The number of carbonyl (C=O) groups is 2. The molecular weight excluding hydrogens is 242 g/mol. The molecule has 1 fully saturated rings. The van der Waals surface area contributed by atoms with Gasteiger partial charge in [-0.25, -0.2) is 19.3 Å². The lowest BCUT2D eigenvalue weighted by molar-refractivity contribution is -0.0138. The van der Waals surface area contributed by atoms with Crippen LogP contribution in [0.25, 0.3) is 0 Å². The van der Waals surface area contributed by atoms with E-state index in [2.05, 4.69) is 9.83 Å². The SMILES string of the molecule is C.C.C.C.N#CONN1C(=O)N(CN=C=O)C1=O. The minimum atomic E-state index is -0.774. The van der Waals surface area contributed by atoms with Crippen molar-refractivity contribution in [2.45, 2.75) is 29.7 Å². The lowest BCUT2D eigenvalue weighted by atomic mass is 10.5. The van der Waals surface area contributed by atoms with Crippen LogP contribution in [0.2, 0.25) is 0 Å². The largest absolute Gasteiger partial charge is 0.355 e. The molecule has 0 atom stereocenters. The molecule has 0 radical (unpaired) electrons. The van der Waals surface area contributed by atoms with Gasteiger partial charge in [-0.3, -0.25) is 0 Å². The maximum atomic E-state index is 11.0. The molecule has 104 valence electrons. The zero-order valence-corrected chi connectivity index (χ0v) is 6.63. The summed E-state index contributed by atoms with van der Waals surface area (Å²) >= 11 is 0. The Morgan fingerprint density at radius 3 is 2.11 bits per heavy atom. The van der Waals surface area contributed by atoms with Crippen molar-refractivity contribution in [2.75, 3.05) is 6.67 Å². The number of nitrogens with zero attached hydrogens (tertiary/aromatic N) is 4. The van der Waals surface area contributed by atoms with Crippen LogP contribution in [-0.2, 0) is 9.63 Å². The molecule has 0 aromatic rings. The number of carbonyl (C=O) groups excluding carboxylic acids is 3. The Labute approximate surface area is 107 Å². The highest BCUT2D eigenvalue weighted by Crippen LogP contribution is 2.12. The second-order valence-electron chi connectivity index (χ2n) is 2.00. The van der Waals surface area contributed by atoms with E-state index >= 15 is 0 Å². The first-order valence-corrected chi connectivity index (χ1v) is 3.22. The zero-order chi connectivity index (χ0) is 10.6. The minimum Gasteiger partial charge on any atom is -0.309 e. The van der Waals surface area contributed by atoms with Crippen molar-refractivity contribution in [2.24, 2.45) is 4.99 Å². The van der Waals surface area contributed by atoms with Crippen LogP contribution in [0, 0.1) is 11.5 Å². The van der Waals surface area contributed by atoms with Gasteiger partial charge in [0.2, 0.25) is 6.08 Å². The first kappa shape index (κ1) is 24.7. The quantitative estimate of drug-likeness (QED) is 0.355. The number of nitriles is 1. The maximum absolute atomic E-state index is 11.0. The first-order chi connectivity index (χ1) is 6.72. The van der Waals surface area contributed by atoms with Crippen LogP contribution in [0.3, 0.4) is 0 Å². The maximum Gasteiger partial charge on any atom is 0.355 e. The van der Waals surface area contributed by atoms with E-state index in [0.717, 1.165) is 0 Å². The molecule has 9 nitrogen and oxygen atoms in total. The van der Waals surface area contributed by atoms with Gasteiger partial charge >= 0.3 is 18.3 Å². The molecule has 18 heavy (non-hydrogen) atoms. The van der Waals surface area contributed by atoms with E-state index in [4.69, 9.17) is 5.26 Å². The number of isocyanates is 1. The van der Waals surface area contributed by atoms with E-state index in [0.29, 0.717) is 9.91 Å². The summed E-state index contributed by atoms with van der Waals surface area (Å²) in [5, 5.41) is 8.40. The molecule has 1 rings (SSSR count). The summed E-state index contributed by atoms with van der Waals surface area (Å²) in [5.74, 6) is 0. The van der Waals surface area contributed by atoms with Gasteiger partial charge in [0.25, 0.3) is 0 Å². The molecule has 0 aromatic carbocycles. The summed E-state index contributed by atoms with van der Waals surface area (Å²) in [5.41, 5.74) is 1.77. The van der Waals surface area contributed by atoms with Crippen LogP contribution in [0.15, 0.2) is 4.99 Å². The standard InChI is InChI=1S/C5H3N5O4.4CH4/c6-1-14-8-10-4(12)9(5(10)13)2-7-3-11;;;;/h8H,2H2;4*1H4. The normalized spacial score (nSPS) is 11.1. The Bertz CT molecular complexity index is 342. The van der Waals surface area contributed by atoms with Crippen molar-refractivity contribution in [3.05, 3.63) is 0 Å². The number of aliphatic imine (C=N–C) groups is 1. The van der Waals surface area contributed by atoms with Crippen molar-refractivity contribution in [1.29, 1.82) is 5.26 Å². The van der Waals surface area contributed by atoms with Crippen molar-refractivity contribution in [1.82, 2.24) is 15.5 Å². The third-order valence-corrected chi connectivity index (χ3v) is 1.30. The highest BCUT2D eigenvalue weighted by molar-refractivity contribution is 6.11. The highest BCUT2D eigenvalue weighted by Gasteiger charge is 2.44. The summed E-state index contributed by atoms with van der Waals surface area (Å²) in [7, 11) is 0. The third-order valence-electron chi connectivity index (χ3n) is 1.30. The van der Waals surface area contributed by atoms with Gasteiger partial charge in [0.1, 0.15) is 6.67 Å². The molecule has 4 amide bonds. The monoisotopic (exact) mass is 261 g/mol. The van der Waals surface area contributed by atoms with Gasteiger partial charge in [0, 0.05) is 0 Å². The van der Waals surface area contributed by atoms with Crippen LogP contribution in [-0.4, -0.2) is 34.7 Å². The van der Waals surface area contributed by atoms with Crippen molar-refractivity contribution >= 4 is 18.1 Å². The van der Waals surface area contributed by atoms with Gasteiger partial charge in [-0.2, -0.15) is 4.99 Å². The Morgan fingerprint density at radius 1 is 1.22 bits per heavy atom. The summed E-state index contributed by atoms with van der Waals surface area (Å²) < 4.78 is 0. The van der Waals surface area contributed by atoms with Crippen LogP contribution in [0.1, 0.15) is 29.7 Å². The predicted octanol–water partition coefficient (Wildman–Crippen LogP) is 1.60. The molecule has 9 heteroatoms. The predicted molar refractivity (Wildman–Crippen MR) is 64.2 cm³/mol. The van der Waals surface area contributed by atoms with Crippen molar-refractivity contribution < 1.29 is 19.2 Å². The zero-order valence-electron chi connectivity index (χ0n) is 6.63. The Balaban J connectivity index is -0.000000245. The average molecular weight is 261 g/mol. The topological polar surface area (TPSA) is 115 Å². The number of nitrogens with one attached hydrogen (secondary N) is 1. The van der Waals surface area contributed by atoms with Gasteiger partial charge in [0.15, 0.2) is 0 Å². The number of hydrogen-bond donors (Lipinski definition) is 1. The molecule has 0 spiro atoms. The molecule has 1 N–H and O–H groups in total. The number of rotatable bonds is 4. The lowest BCUT2D eigenvalue weighted by Crippen LogP contribution is -2.68. The number of hydrogen-bond acceptors (Lipinski definition) is 7. The smallest absolute Gasteiger partial charge is 0.309 e. The molecule has 0 saturated carbocycles. The first-order valence-electron chi connectivity index (χ1n) is 3.22. The van der Waals surface area contributed by atoms with E-state index in [1.54, 1.807) is 5.59 Å². The van der Waals surface area contributed by atoms with E-state index in [9.17, 15) is 14.4 Å². The van der Waals surface area contributed by atoms with Crippen LogP contribution >= 0.6 is 0 Å².